The lowest BCUT2D eigenvalue weighted by molar-refractivity contribution is -0.387. The van der Waals surface area contributed by atoms with Crippen LogP contribution in [0.1, 0.15) is 0 Å². The molecule has 0 aliphatic heterocycles. The van der Waals surface area contributed by atoms with E-state index in [4.69, 9.17) is 0 Å². The van der Waals surface area contributed by atoms with E-state index in [1.54, 1.807) is 7.05 Å². The van der Waals surface area contributed by atoms with Crippen molar-refractivity contribution in [1.29, 1.82) is 0 Å². The highest BCUT2D eigenvalue weighted by Gasteiger charge is 2.27. The van der Waals surface area contributed by atoms with E-state index < -0.39 is 25.5 Å². The van der Waals surface area contributed by atoms with Crippen LogP contribution in [0.3, 0.4) is 0 Å². The third-order valence-electron chi connectivity index (χ3n) is 2.47. The van der Waals surface area contributed by atoms with E-state index in [-0.39, 0.29) is 5.95 Å². The Morgan fingerprint density at radius 3 is 2.62 bits per heavy atom. The van der Waals surface area contributed by atoms with Crippen molar-refractivity contribution in [2.75, 3.05) is 17.1 Å². The molecule has 0 unspecified atom stereocenters. The lowest BCUT2D eigenvalue weighted by atomic mass is 10.3. The molecular weight excluding hydrogens is 302 g/mol. The van der Waals surface area contributed by atoms with Crippen LogP contribution in [-0.2, 0) is 17.1 Å². The molecule has 0 aliphatic rings. The highest BCUT2D eigenvalue weighted by atomic mass is 32.2. The minimum Gasteiger partial charge on any atom is -0.388 e. The average Bonchev–Trinajstić information content (AvgIpc) is 2.82. The van der Waals surface area contributed by atoms with Crippen LogP contribution < -0.4 is 10.0 Å². The van der Waals surface area contributed by atoms with E-state index in [1.165, 1.54) is 13.1 Å². The average molecular weight is 313 g/mol. The Labute approximate surface area is 119 Å². The van der Waals surface area contributed by atoms with Crippen molar-refractivity contribution >= 4 is 27.3 Å². The zero-order valence-corrected chi connectivity index (χ0v) is 11.8. The van der Waals surface area contributed by atoms with Crippen molar-refractivity contribution in [3.8, 4) is 0 Å². The third-order valence-corrected chi connectivity index (χ3v) is 3.84. The van der Waals surface area contributed by atoms with Crippen LogP contribution in [0.5, 0.6) is 0 Å². The molecule has 1 aromatic carbocycles. The second-order valence-corrected chi connectivity index (χ2v) is 5.55. The van der Waals surface area contributed by atoms with E-state index in [9.17, 15) is 18.5 Å². The maximum Gasteiger partial charge on any atom is 0.291 e. The van der Waals surface area contributed by atoms with E-state index in [1.807, 2.05) is 4.72 Å². The summed E-state index contributed by atoms with van der Waals surface area (Å²) in [4.78, 5) is 10.8. The third kappa shape index (κ3) is 3.05. The molecule has 21 heavy (non-hydrogen) atoms. The van der Waals surface area contributed by atoms with Crippen LogP contribution in [0.2, 0.25) is 0 Å². The van der Waals surface area contributed by atoms with Crippen LogP contribution in [-0.4, -0.2) is 40.6 Å². The molecule has 0 atom stereocenters. The molecule has 0 saturated heterocycles. The smallest absolute Gasteiger partial charge is 0.291 e. The quantitative estimate of drug-likeness (QED) is 0.577. The van der Waals surface area contributed by atoms with Crippen LogP contribution in [0.15, 0.2) is 23.1 Å². The molecule has 0 bridgehead atoms. The van der Waals surface area contributed by atoms with Gasteiger partial charge in [-0.2, -0.15) is 4.80 Å². The van der Waals surface area contributed by atoms with Gasteiger partial charge in [-0.25, -0.2) is 13.1 Å². The number of anilines is 2. The monoisotopic (exact) mass is 313 g/mol. The largest absolute Gasteiger partial charge is 0.388 e. The van der Waals surface area contributed by atoms with Crippen LogP contribution >= 0.6 is 0 Å². The zero-order chi connectivity index (χ0) is 15.6. The number of nitrogens with zero attached hydrogens (tertiary/aromatic N) is 5. The molecule has 2 aromatic rings. The van der Waals surface area contributed by atoms with E-state index in [0.29, 0.717) is 5.69 Å². The fraction of sp³-hybridized carbons (Fsp3) is 0.222. The van der Waals surface area contributed by atoms with Gasteiger partial charge >= 0.3 is 0 Å². The summed E-state index contributed by atoms with van der Waals surface area (Å²) in [6.45, 7) is 0. The van der Waals surface area contributed by atoms with Gasteiger partial charge in [-0.1, -0.05) is 5.10 Å². The van der Waals surface area contributed by atoms with Crippen molar-refractivity contribution in [2.45, 2.75) is 4.90 Å². The van der Waals surface area contributed by atoms with Gasteiger partial charge in [0.1, 0.15) is 0 Å². The molecule has 2 rings (SSSR count). The summed E-state index contributed by atoms with van der Waals surface area (Å²) in [6, 6.07) is 3.66. The number of hydrogen-bond donors (Lipinski definition) is 2. The molecule has 0 saturated carbocycles. The topological polar surface area (TPSA) is 145 Å². The number of aryl methyl sites for hydroxylation is 1. The lowest BCUT2D eigenvalue weighted by Crippen LogP contribution is -2.16. The van der Waals surface area contributed by atoms with Crippen molar-refractivity contribution in [3.05, 3.63) is 28.3 Å². The maximum absolute atomic E-state index is 12.2. The fourth-order valence-corrected chi connectivity index (χ4v) is 2.63. The molecule has 0 fully saturated rings. The molecular formula is C9H11N7O4S. The normalized spacial score (nSPS) is 11.1. The number of hydrogen-bond acceptors (Lipinski definition) is 8. The summed E-state index contributed by atoms with van der Waals surface area (Å²) in [7, 11) is -1.18. The van der Waals surface area contributed by atoms with Crippen LogP contribution in [0.4, 0.5) is 17.3 Å². The van der Waals surface area contributed by atoms with Crippen LogP contribution in [0.25, 0.3) is 0 Å². The standard InChI is InChI=1S/C9H11N7O4S/c1-10-6-3-4-8(7(5-6)16(17)18)21(19,20)13-9-11-14-15(2)12-9/h3-5,10H,1-2H3,(H,12,13). The van der Waals surface area contributed by atoms with Gasteiger partial charge in [0, 0.05) is 18.8 Å². The minimum atomic E-state index is -4.20. The van der Waals surface area contributed by atoms with Crippen molar-refractivity contribution in [2.24, 2.45) is 7.05 Å². The van der Waals surface area contributed by atoms with Crippen molar-refractivity contribution in [1.82, 2.24) is 20.2 Å². The molecule has 0 radical (unpaired) electrons. The maximum atomic E-state index is 12.2. The molecule has 0 aliphatic carbocycles. The Kier molecular flexibility index (Phi) is 3.71. The summed E-state index contributed by atoms with van der Waals surface area (Å²) < 4.78 is 26.4. The van der Waals surface area contributed by atoms with Gasteiger partial charge in [-0.3, -0.25) is 10.1 Å². The van der Waals surface area contributed by atoms with Crippen molar-refractivity contribution in [3.63, 3.8) is 0 Å². The Bertz CT molecular complexity index is 785. The number of rotatable bonds is 5. The first kappa shape index (κ1) is 14.6. The predicted octanol–water partition coefficient (Wildman–Crippen LogP) is -0.0392. The first-order valence-corrected chi connectivity index (χ1v) is 7.05. The van der Waals surface area contributed by atoms with Gasteiger partial charge < -0.3 is 5.32 Å². The number of sulfonamides is 1. The lowest BCUT2D eigenvalue weighted by Gasteiger charge is -2.07. The number of benzene rings is 1. The zero-order valence-electron chi connectivity index (χ0n) is 11.0. The van der Waals surface area contributed by atoms with Gasteiger partial charge in [0.25, 0.3) is 21.7 Å². The molecule has 11 nitrogen and oxygen atoms in total. The van der Waals surface area contributed by atoms with E-state index in [2.05, 4.69) is 20.7 Å². The van der Waals surface area contributed by atoms with Gasteiger partial charge in [0.05, 0.1) is 12.0 Å². The van der Waals surface area contributed by atoms with Crippen LogP contribution in [0, 0.1) is 10.1 Å². The number of tetrazole rings is 1. The summed E-state index contributed by atoms with van der Waals surface area (Å²) in [5.41, 5.74) is -0.142. The Morgan fingerprint density at radius 2 is 2.10 bits per heavy atom. The number of nitrogens with one attached hydrogen (secondary N) is 2. The summed E-state index contributed by atoms with van der Waals surface area (Å²) >= 11 is 0. The van der Waals surface area contributed by atoms with Gasteiger partial charge in [-0.05, 0) is 17.3 Å². The Hall–Kier alpha value is -2.76. The number of nitro benzene ring substituents is 1. The molecule has 0 spiro atoms. The highest BCUT2D eigenvalue weighted by Crippen LogP contribution is 2.28. The Morgan fingerprint density at radius 1 is 1.38 bits per heavy atom. The predicted molar refractivity (Wildman–Crippen MR) is 72.2 cm³/mol. The molecule has 2 N–H and O–H groups in total. The second kappa shape index (κ2) is 5.32. The second-order valence-electron chi connectivity index (χ2n) is 3.90. The molecule has 112 valence electrons. The van der Waals surface area contributed by atoms with E-state index >= 15 is 0 Å². The van der Waals surface area contributed by atoms with Gasteiger partial charge in [0.15, 0.2) is 4.90 Å². The minimum absolute atomic E-state index is 0.274. The summed E-state index contributed by atoms with van der Waals surface area (Å²) in [5, 5.41) is 24.3. The first-order chi connectivity index (χ1) is 9.83. The molecule has 1 aromatic heterocycles. The fourth-order valence-electron chi connectivity index (χ4n) is 1.54. The van der Waals surface area contributed by atoms with E-state index in [0.717, 1.165) is 16.9 Å². The first-order valence-electron chi connectivity index (χ1n) is 5.56. The summed E-state index contributed by atoms with van der Waals surface area (Å²) in [5.74, 6) is -0.274. The summed E-state index contributed by atoms with van der Waals surface area (Å²) in [6.07, 6.45) is 0. The molecule has 1 heterocycles. The Balaban J connectivity index is 2.46. The van der Waals surface area contributed by atoms with Gasteiger partial charge in [0.2, 0.25) is 0 Å². The van der Waals surface area contributed by atoms with Gasteiger partial charge in [-0.15, -0.1) is 5.10 Å². The molecule has 12 heteroatoms. The SMILES string of the molecule is CNc1ccc(S(=O)(=O)Nc2nnn(C)n2)c([N+](=O)[O-])c1. The highest BCUT2D eigenvalue weighted by molar-refractivity contribution is 7.92. The van der Waals surface area contributed by atoms with Crippen molar-refractivity contribution < 1.29 is 13.3 Å². The number of nitro groups is 1. The number of aromatic nitrogens is 4. The molecule has 0 amide bonds.